The van der Waals surface area contributed by atoms with E-state index in [0.29, 0.717) is 26.9 Å². The fourth-order valence-corrected chi connectivity index (χ4v) is 2.32. The third-order valence-corrected chi connectivity index (χ3v) is 3.72. The van der Waals surface area contributed by atoms with E-state index in [2.05, 4.69) is 0 Å². The number of allylic oxidation sites excluding steroid dienone is 1. The van der Waals surface area contributed by atoms with E-state index in [1.807, 2.05) is 0 Å². The van der Waals surface area contributed by atoms with E-state index in [9.17, 15) is 14.7 Å². The zero-order valence-electron chi connectivity index (χ0n) is 12.7. The average Bonchev–Trinajstić information content (AvgIpc) is 2.54. The molecule has 0 bridgehead atoms. The van der Waals surface area contributed by atoms with E-state index in [1.165, 1.54) is 25.1 Å². The number of rotatable bonds is 6. The Bertz CT molecular complexity index is 782. The molecule has 124 valence electrons. The highest BCUT2D eigenvalue weighted by atomic mass is 35.5. The normalized spacial score (nSPS) is 12.1. The Labute approximate surface area is 149 Å². The van der Waals surface area contributed by atoms with E-state index in [1.54, 1.807) is 36.4 Å². The first-order valence-electron chi connectivity index (χ1n) is 7.02. The molecule has 0 aromatic heterocycles. The average molecular weight is 364 g/mol. The predicted molar refractivity (Wildman–Crippen MR) is 91.4 cm³/mol. The summed E-state index contributed by atoms with van der Waals surface area (Å²) in [4.78, 5) is 22.8. The van der Waals surface area contributed by atoms with Crippen LogP contribution in [-0.4, -0.2) is 17.9 Å². The lowest BCUT2D eigenvalue weighted by molar-refractivity contribution is -0.312. The smallest absolute Gasteiger partial charge is 0.185 e. The monoisotopic (exact) mass is 363 g/mol. The van der Waals surface area contributed by atoms with Gasteiger partial charge in [0.2, 0.25) is 0 Å². The number of ketones is 1. The topological polar surface area (TPSA) is 66.4 Å². The van der Waals surface area contributed by atoms with Crippen LogP contribution in [-0.2, 0) is 4.79 Å². The van der Waals surface area contributed by atoms with Crippen molar-refractivity contribution in [3.8, 4) is 5.75 Å². The molecule has 0 N–H and O–H groups in total. The summed E-state index contributed by atoms with van der Waals surface area (Å²) in [6.45, 7) is 1.37. The molecular weight excluding hydrogens is 351 g/mol. The Kier molecular flexibility index (Phi) is 6.01. The maximum Gasteiger partial charge on any atom is 0.185 e. The van der Waals surface area contributed by atoms with Crippen molar-refractivity contribution in [1.82, 2.24) is 0 Å². The van der Waals surface area contributed by atoms with Gasteiger partial charge >= 0.3 is 0 Å². The maximum absolute atomic E-state index is 12.1. The summed E-state index contributed by atoms with van der Waals surface area (Å²) in [6.07, 6.45) is 1.93. The highest BCUT2D eigenvalue weighted by molar-refractivity contribution is 6.35. The summed E-state index contributed by atoms with van der Waals surface area (Å²) in [7, 11) is 0. The number of carboxylic acids is 1. The van der Waals surface area contributed by atoms with Crippen molar-refractivity contribution in [2.75, 3.05) is 0 Å². The second-order valence-electron chi connectivity index (χ2n) is 4.97. The van der Waals surface area contributed by atoms with Crippen LogP contribution in [0.15, 0.2) is 48.5 Å². The molecule has 0 aliphatic rings. The van der Waals surface area contributed by atoms with E-state index < -0.39 is 12.1 Å². The van der Waals surface area contributed by atoms with Crippen molar-refractivity contribution in [1.29, 1.82) is 0 Å². The van der Waals surface area contributed by atoms with Gasteiger partial charge in [-0.3, -0.25) is 4.79 Å². The van der Waals surface area contributed by atoms with Crippen LogP contribution in [0, 0.1) is 0 Å². The van der Waals surface area contributed by atoms with E-state index in [-0.39, 0.29) is 5.78 Å². The summed E-state index contributed by atoms with van der Waals surface area (Å²) >= 11 is 11.9. The minimum Gasteiger partial charge on any atom is -0.546 e. The Morgan fingerprint density at radius 2 is 1.79 bits per heavy atom. The van der Waals surface area contributed by atoms with Crippen molar-refractivity contribution >= 4 is 41.0 Å². The molecular formula is C18H13Cl2O4-. The zero-order valence-corrected chi connectivity index (χ0v) is 14.2. The lowest BCUT2D eigenvalue weighted by Gasteiger charge is -2.15. The van der Waals surface area contributed by atoms with Gasteiger partial charge in [0.1, 0.15) is 11.9 Å². The zero-order chi connectivity index (χ0) is 17.7. The number of carboxylic acid groups (broad SMARTS) is 1. The molecule has 0 saturated carbocycles. The second kappa shape index (κ2) is 7.99. The number of benzene rings is 2. The minimum absolute atomic E-state index is 0.222. The van der Waals surface area contributed by atoms with Crippen LogP contribution in [0.25, 0.3) is 6.08 Å². The molecule has 0 unspecified atom stereocenters. The van der Waals surface area contributed by atoms with E-state index in [4.69, 9.17) is 27.9 Å². The highest BCUT2D eigenvalue weighted by Gasteiger charge is 2.07. The van der Waals surface area contributed by atoms with Gasteiger partial charge in [-0.1, -0.05) is 29.3 Å². The van der Waals surface area contributed by atoms with Crippen molar-refractivity contribution in [2.45, 2.75) is 13.0 Å². The van der Waals surface area contributed by atoms with Gasteiger partial charge in [0.25, 0.3) is 0 Å². The first-order chi connectivity index (χ1) is 11.4. The molecule has 0 amide bonds. The number of carbonyl (C=O) groups excluding carboxylic acids is 2. The van der Waals surface area contributed by atoms with E-state index >= 15 is 0 Å². The van der Waals surface area contributed by atoms with Crippen molar-refractivity contribution < 1.29 is 19.4 Å². The fourth-order valence-electron chi connectivity index (χ4n) is 1.85. The van der Waals surface area contributed by atoms with Gasteiger partial charge in [0.05, 0.1) is 5.97 Å². The van der Waals surface area contributed by atoms with E-state index in [0.717, 1.165) is 0 Å². The lowest BCUT2D eigenvalue weighted by Crippen LogP contribution is -2.37. The minimum atomic E-state index is -1.31. The molecule has 2 rings (SSSR count). The molecule has 0 heterocycles. The molecule has 0 spiro atoms. The van der Waals surface area contributed by atoms with Crippen molar-refractivity contribution in [3.05, 3.63) is 69.7 Å². The molecule has 0 radical (unpaired) electrons. The Hall–Kier alpha value is -2.30. The molecule has 2 aromatic carbocycles. The molecule has 0 aliphatic heterocycles. The summed E-state index contributed by atoms with van der Waals surface area (Å²) in [5, 5.41) is 11.6. The number of halogens is 2. The molecule has 0 fully saturated rings. The van der Waals surface area contributed by atoms with Crippen LogP contribution in [0.5, 0.6) is 5.75 Å². The first kappa shape index (κ1) is 18.0. The Morgan fingerprint density at radius 1 is 1.12 bits per heavy atom. The molecule has 4 nitrogen and oxygen atoms in total. The molecule has 6 heteroatoms. The van der Waals surface area contributed by atoms with Gasteiger partial charge in [-0.25, -0.2) is 0 Å². The molecule has 0 saturated heterocycles. The third-order valence-electron chi connectivity index (χ3n) is 3.16. The molecule has 2 aromatic rings. The Balaban J connectivity index is 2.07. The predicted octanol–water partition coefficient (Wildman–Crippen LogP) is 3.41. The van der Waals surface area contributed by atoms with Gasteiger partial charge < -0.3 is 14.6 Å². The van der Waals surface area contributed by atoms with Crippen molar-refractivity contribution in [2.24, 2.45) is 0 Å². The number of aliphatic carboxylic acids is 1. The second-order valence-corrected chi connectivity index (χ2v) is 5.81. The first-order valence-corrected chi connectivity index (χ1v) is 7.77. The molecule has 0 aliphatic carbocycles. The van der Waals surface area contributed by atoms with Crippen molar-refractivity contribution in [3.63, 3.8) is 0 Å². The van der Waals surface area contributed by atoms with Crippen LogP contribution in [0.4, 0.5) is 0 Å². The van der Waals surface area contributed by atoms with Gasteiger partial charge in [0.15, 0.2) is 5.78 Å². The largest absolute Gasteiger partial charge is 0.546 e. The number of carbonyl (C=O) groups is 2. The third kappa shape index (κ3) is 4.85. The van der Waals surface area contributed by atoms with Gasteiger partial charge in [0, 0.05) is 15.6 Å². The standard InChI is InChI=1S/C18H14Cl2O4/c1-11(18(22)23)24-15-7-3-13(4-8-15)17(21)9-5-12-2-6-14(19)10-16(12)20/h2-11H,1H3,(H,22,23)/p-1/b9-5+/t11-/m0/s1. The van der Waals surface area contributed by atoms with Crippen LogP contribution in [0.1, 0.15) is 22.8 Å². The highest BCUT2D eigenvalue weighted by Crippen LogP contribution is 2.22. The molecule has 24 heavy (non-hydrogen) atoms. The molecule has 1 atom stereocenters. The lowest BCUT2D eigenvalue weighted by atomic mass is 10.1. The Morgan fingerprint density at radius 3 is 2.38 bits per heavy atom. The maximum atomic E-state index is 12.1. The van der Waals surface area contributed by atoms with Crippen LogP contribution in [0.2, 0.25) is 10.0 Å². The number of ether oxygens (including phenoxy) is 1. The summed E-state index contributed by atoms with van der Waals surface area (Å²) < 4.78 is 5.15. The van der Waals surface area contributed by atoms with Gasteiger partial charge in [-0.2, -0.15) is 0 Å². The summed E-state index contributed by atoms with van der Waals surface area (Å²) in [5.41, 5.74) is 1.11. The SMILES string of the molecule is C[C@H](Oc1ccc(C(=O)/C=C/c2ccc(Cl)cc2Cl)cc1)C(=O)[O-]. The fraction of sp³-hybridized carbons (Fsp3) is 0.111. The summed E-state index contributed by atoms with van der Waals surface area (Å²) in [5.74, 6) is -1.19. The van der Waals surface area contributed by atoms with Gasteiger partial charge in [-0.15, -0.1) is 0 Å². The summed E-state index contributed by atoms with van der Waals surface area (Å²) in [6, 6.07) is 11.1. The number of hydrogen-bond donors (Lipinski definition) is 0. The number of hydrogen-bond acceptors (Lipinski definition) is 4. The quantitative estimate of drug-likeness (QED) is 0.582. The van der Waals surface area contributed by atoms with Gasteiger partial charge in [-0.05, 0) is 61.0 Å². The van der Waals surface area contributed by atoms with Crippen LogP contribution in [0.3, 0.4) is 0 Å². The van der Waals surface area contributed by atoms with Crippen LogP contribution >= 0.6 is 23.2 Å². The van der Waals surface area contributed by atoms with Crippen LogP contribution < -0.4 is 9.84 Å².